The minimum atomic E-state index is -4.48. The van der Waals surface area contributed by atoms with Gasteiger partial charge in [-0.25, -0.2) is 9.59 Å². The van der Waals surface area contributed by atoms with Crippen molar-refractivity contribution < 1.29 is 51.2 Å². The van der Waals surface area contributed by atoms with E-state index in [2.05, 4.69) is 34.9 Å². The molecule has 0 heterocycles. The summed E-state index contributed by atoms with van der Waals surface area (Å²) in [6.45, 7) is 3.07. The van der Waals surface area contributed by atoms with E-state index >= 15 is 0 Å². The van der Waals surface area contributed by atoms with Crippen molar-refractivity contribution >= 4 is 23.4 Å². The van der Waals surface area contributed by atoms with E-state index in [4.69, 9.17) is 28.4 Å². The molecule has 5 rings (SSSR count). The van der Waals surface area contributed by atoms with Crippen LogP contribution in [0.2, 0.25) is 0 Å². The summed E-state index contributed by atoms with van der Waals surface area (Å²) in [4.78, 5) is 24.9. The van der Waals surface area contributed by atoms with Gasteiger partial charge in [0.05, 0.1) is 69.7 Å². The predicted molar refractivity (Wildman–Crippen MR) is 188 cm³/mol. The summed E-state index contributed by atoms with van der Waals surface area (Å²) < 4.78 is 71.8. The summed E-state index contributed by atoms with van der Waals surface area (Å²) >= 11 is 0. The van der Waals surface area contributed by atoms with E-state index in [1.807, 2.05) is 24.3 Å². The number of carbonyl (C=O) groups excluding carboxylic acids is 2. The standard InChI is InChI=1S/C39H41F3N2O8/c40-39(41,42)28-8-7-9-29(26-28)44-36-15-6-5-14-34(36)37(45)51-25-24-50-23-22-49-21-20-48-19-18-47-17-16-43-38(46)52-27-35-32-12-3-1-10-30(32)31-11-2-4-13-33(31)35/h1-15,26,35,44H,16-25,27H2,(H,43,46). The van der Waals surface area contributed by atoms with E-state index < -0.39 is 23.8 Å². The van der Waals surface area contributed by atoms with Crippen LogP contribution in [0.1, 0.15) is 33.0 Å². The SMILES string of the molecule is O=C(NCCOCCOCCOCCOCCOC(=O)c1ccccc1Nc1cccc(C(F)(F)F)c1)OCC1c2ccccc2-c2ccccc21. The highest BCUT2D eigenvalue weighted by molar-refractivity contribution is 5.96. The Hall–Kier alpha value is -4.95. The summed E-state index contributed by atoms with van der Waals surface area (Å²) in [5, 5.41) is 5.57. The van der Waals surface area contributed by atoms with Crippen LogP contribution in [-0.2, 0) is 34.6 Å². The number of rotatable bonds is 20. The second kappa shape index (κ2) is 19.6. The average molecular weight is 723 g/mol. The number of hydrogen-bond donors (Lipinski definition) is 2. The van der Waals surface area contributed by atoms with Gasteiger partial charge in [-0.05, 0) is 52.6 Å². The number of esters is 1. The van der Waals surface area contributed by atoms with Gasteiger partial charge in [0.1, 0.15) is 13.2 Å². The molecule has 4 aromatic rings. The highest BCUT2D eigenvalue weighted by Crippen LogP contribution is 2.44. The topological polar surface area (TPSA) is 114 Å². The van der Waals surface area contributed by atoms with Crippen LogP contribution in [0.4, 0.5) is 29.3 Å². The van der Waals surface area contributed by atoms with Crippen molar-refractivity contribution in [2.24, 2.45) is 0 Å². The van der Waals surface area contributed by atoms with Crippen molar-refractivity contribution in [3.05, 3.63) is 119 Å². The van der Waals surface area contributed by atoms with Crippen molar-refractivity contribution in [3.8, 4) is 11.1 Å². The Labute approximate surface area is 300 Å². The third kappa shape index (κ3) is 11.3. The quantitative estimate of drug-likeness (QED) is 0.0722. The fourth-order valence-corrected chi connectivity index (χ4v) is 5.61. The Bertz CT molecular complexity index is 1710. The smallest absolute Gasteiger partial charge is 0.416 e. The maximum absolute atomic E-state index is 13.1. The number of anilines is 2. The molecular formula is C39H41F3N2O8. The zero-order chi connectivity index (χ0) is 36.6. The van der Waals surface area contributed by atoms with Crippen LogP contribution < -0.4 is 10.6 Å². The summed E-state index contributed by atoms with van der Waals surface area (Å²) in [6, 6.07) is 27.5. The summed E-state index contributed by atoms with van der Waals surface area (Å²) in [6.07, 6.45) is -4.97. The number of fused-ring (bicyclic) bond motifs is 3. The van der Waals surface area contributed by atoms with Crippen LogP contribution in [-0.4, -0.2) is 84.7 Å². The molecule has 1 aliphatic rings. The maximum atomic E-state index is 13.1. The molecule has 0 spiro atoms. The molecule has 0 radical (unpaired) electrons. The molecule has 0 saturated heterocycles. The molecule has 0 aliphatic heterocycles. The fraction of sp³-hybridized carbons (Fsp3) is 0.333. The lowest BCUT2D eigenvalue weighted by atomic mass is 9.98. The monoisotopic (exact) mass is 722 g/mol. The molecule has 10 nitrogen and oxygen atoms in total. The first-order chi connectivity index (χ1) is 25.3. The number of nitrogens with one attached hydrogen (secondary N) is 2. The lowest BCUT2D eigenvalue weighted by Crippen LogP contribution is -2.29. The molecule has 2 N–H and O–H groups in total. The van der Waals surface area contributed by atoms with Crippen molar-refractivity contribution in [2.75, 3.05) is 77.9 Å². The Morgan fingerprint density at radius 3 is 1.81 bits per heavy atom. The van der Waals surface area contributed by atoms with Crippen LogP contribution in [0.5, 0.6) is 0 Å². The molecule has 1 aliphatic carbocycles. The lowest BCUT2D eigenvalue weighted by Gasteiger charge is -2.14. The number of benzene rings is 4. The van der Waals surface area contributed by atoms with E-state index in [9.17, 15) is 22.8 Å². The van der Waals surface area contributed by atoms with Crippen LogP contribution in [0.25, 0.3) is 11.1 Å². The molecule has 13 heteroatoms. The number of hydrogen-bond acceptors (Lipinski definition) is 9. The Kier molecular flexibility index (Phi) is 14.4. The van der Waals surface area contributed by atoms with Gasteiger partial charge in [-0.3, -0.25) is 0 Å². The fourth-order valence-electron chi connectivity index (χ4n) is 5.61. The van der Waals surface area contributed by atoms with Crippen molar-refractivity contribution in [1.29, 1.82) is 0 Å². The van der Waals surface area contributed by atoms with Crippen LogP contribution in [0.3, 0.4) is 0 Å². The van der Waals surface area contributed by atoms with Gasteiger partial charge in [-0.2, -0.15) is 13.2 Å². The van der Waals surface area contributed by atoms with Gasteiger partial charge in [0.25, 0.3) is 0 Å². The molecular weight excluding hydrogens is 681 g/mol. The Morgan fingerprint density at radius 2 is 1.17 bits per heavy atom. The normalized spacial score (nSPS) is 12.2. The van der Waals surface area contributed by atoms with Crippen molar-refractivity contribution in [3.63, 3.8) is 0 Å². The van der Waals surface area contributed by atoms with Gasteiger partial charge < -0.3 is 39.1 Å². The van der Waals surface area contributed by atoms with Gasteiger partial charge in [0.2, 0.25) is 0 Å². The van der Waals surface area contributed by atoms with Crippen molar-refractivity contribution in [1.82, 2.24) is 5.32 Å². The summed E-state index contributed by atoms with van der Waals surface area (Å²) in [5.41, 5.74) is 4.56. The van der Waals surface area contributed by atoms with Gasteiger partial charge in [-0.1, -0.05) is 66.7 Å². The molecule has 276 valence electrons. The highest BCUT2D eigenvalue weighted by atomic mass is 19.4. The summed E-state index contributed by atoms with van der Waals surface area (Å²) in [7, 11) is 0. The number of carbonyl (C=O) groups is 2. The van der Waals surface area contributed by atoms with Crippen molar-refractivity contribution in [2.45, 2.75) is 12.1 Å². The number of halogens is 3. The Morgan fingerprint density at radius 1 is 0.615 bits per heavy atom. The molecule has 0 atom stereocenters. The first kappa shape index (κ1) is 38.3. The van der Waals surface area contributed by atoms with E-state index in [1.165, 1.54) is 29.3 Å². The van der Waals surface area contributed by atoms with E-state index in [0.29, 0.717) is 51.9 Å². The molecule has 0 bridgehead atoms. The van der Waals surface area contributed by atoms with Gasteiger partial charge in [0, 0.05) is 18.2 Å². The average Bonchev–Trinajstić information content (AvgIpc) is 3.47. The zero-order valence-corrected chi connectivity index (χ0v) is 28.5. The van der Waals surface area contributed by atoms with Crippen LogP contribution in [0.15, 0.2) is 97.1 Å². The highest BCUT2D eigenvalue weighted by Gasteiger charge is 2.31. The molecule has 0 aromatic heterocycles. The van der Waals surface area contributed by atoms with Gasteiger partial charge in [0.15, 0.2) is 0 Å². The molecule has 52 heavy (non-hydrogen) atoms. The van der Waals surface area contributed by atoms with Gasteiger partial charge >= 0.3 is 18.2 Å². The number of alkyl carbamates (subject to hydrolysis) is 1. The predicted octanol–water partition coefficient (Wildman–Crippen LogP) is 7.21. The maximum Gasteiger partial charge on any atom is 0.416 e. The second-order valence-electron chi connectivity index (χ2n) is 11.6. The molecule has 0 saturated carbocycles. The minimum absolute atomic E-state index is 0.00702. The third-order valence-corrected chi connectivity index (χ3v) is 8.05. The van der Waals surface area contributed by atoms with Gasteiger partial charge in [-0.15, -0.1) is 0 Å². The van der Waals surface area contributed by atoms with E-state index in [-0.39, 0.29) is 43.6 Å². The molecule has 1 amide bonds. The first-order valence-electron chi connectivity index (χ1n) is 16.9. The second-order valence-corrected chi connectivity index (χ2v) is 11.6. The number of alkyl halides is 3. The number of para-hydroxylation sites is 1. The van der Waals surface area contributed by atoms with Crippen LogP contribution in [0, 0.1) is 0 Å². The lowest BCUT2D eigenvalue weighted by molar-refractivity contribution is -0.137. The zero-order valence-electron chi connectivity index (χ0n) is 28.5. The largest absolute Gasteiger partial charge is 0.460 e. The Balaban J connectivity index is 0.832. The third-order valence-electron chi connectivity index (χ3n) is 8.05. The minimum Gasteiger partial charge on any atom is -0.460 e. The molecule has 0 unspecified atom stereocenters. The van der Waals surface area contributed by atoms with Crippen LogP contribution >= 0.6 is 0 Å². The van der Waals surface area contributed by atoms with E-state index in [0.717, 1.165) is 23.3 Å². The molecule has 0 fully saturated rings. The number of amides is 1. The summed E-state index contributed by atoms with van der Waals surface area (Å²) in [5.74, 6) is -0.629. The number of ether oxygens (including phenoxy) is 6. The molecule has 4 aromatic carbocycles. The first-order valence-corrected chi connectivity index (χ1v) is 16.9. The van der Waals surface area contributed by atoms with E-state index in [1.54, 1.807) is 18.2 Å².